The number of para-hydroxylation sites is 1. The van der Waals surface area contributed by atoms with Gasteiger partial charge in [0.05, 0.1) is 11.7 Å². The summed E-state index contributed by atoms with van der Waals surface area (Å²) in [7, 11) is 0. The number of aromatic amines is 1. The van der Waals surface area contributed by atoms with Gasteiger partial charge in [0.1, 0.15) is 0 Å². The van der Waals surface area contributed by atoms with Crippen LogP contribution in [-0.4, -0.2) is 21.3 Å². The minimum absolute atomic E-state index is 0.822. The largest absolute Gasteiger partial charge is 0.478 e. The van der Waals surface area contributed by atoms with E-state index in [0.29, 0.717) is 0 Å². The number of carboxylic acids is 1. The Balaban J connectivity index is 2.51. The van der Waals surface area contributed by atoms with E-state index < -0.39 is 5.97 Å². The van der Waals surface area contributed by atoms with Gasteiger partial charge in [-0.05, 0) is 6.08 Å². The van der Waals surface area contributed by atoms with E-state index in [9.17, 15) is 4.79 Å². The number of nitrogens with zero attached hydrogens (tertiary/aromatic N) is 1. The molecule has 4 heteroatoms. The van der Waals surface area contributed by atoms with Gasteiger partial charge in [-0.3, -0.25) is 5.10 Å². The van der Waals surface area contributed by atoms with Gasteiger partial charge in [0.15, 0.2) is 0 Å². The molecule has 0 spiro atoms. The predicted octanol–water partition coefficient (Wildman–Crippen LogP) is 1.66. The first kappa shape index (κ1) is 8.50. The Morgan fingerprint density at radius 3 is 3.14 bits per heavy atom. The Morgan fingerprint density at radius 2 is 2.36 bits per heavy atom. The summed E-state index contributed by atoms with van der Waals surface area (Å²) in [6.45, 7) is 0. The number of rotatable bonds is 2. The van der Waals surface area contributed by atoms with Crippen molar-refractivity contribution in [1.82, 2.24) is 10.2 Å². The second kappa shape index (κ2) is 3.33. The van der Waals surface area contributed by atoms with E-state index in [1.54, 1.807) is 12.3 Å². The van der Waals surface area contributed by atoms with Gasteiger partial charge in [0.25, 0.3) is 0 Å². The molecule has 1 aromatic heterocycles. The van der Waals surface area contributed by atoms with Crippen LogP contribution in [0.25, 0.3) is 17.0 Å². The highest BCUT2D eigenvalue weighted by Crippen LogP contribution is 2.16. The number of aliphatic carboxylic acids is 1. The van der Waals surface area contributed by atoms with Crippen LogP contribution in [-0.2, 0) is 4.79 Å². The van der Waals surface area contributed by atoms with Crippen molar-refractivity contribution in [2.75, 3.05) is 0 Å². The van der Waals surface area contributed by atoms with Crippen LogP contribution < -0.4 is 0 Å². The van der Waals surface area contributed by atoms with Crippen molar-refractivity contribution in [1.29, 1.82) is 0 Å². The van der Waals surface area contributed by atoms with Crippen molar-refractivity contribution in [2.24, 2.45) is 0 Å². The Labute approximate surface area is 79.9 Å². The Bertz CT molecular complexity index is 500. The first-order chi connectivity index (χ1) is 6.77. The molecular formula is C10H8N2O2. The average Bonchev–Trinajstić information content (AvgIpc) is 2.62. The van der Waals surface area contributed by atoms with Crippen molar-refractivity contribution in [3.8, 4) is 0 Å². The van der Waals surface area contributed by atoms with Crippen LogP contribution >= 0.6 is 0 Å². The van der Waals surface area contributed by atoms with E-state index in [1.165, 1.54) is 0 Å². The lowest BCUT2D eigenvalue weighted by Crippen LogP contribution is -1.86. The minimum atomic E-state index is -0.957. The number of hydrogen-bond donors (Lipinski definition) is 2. The normalized spacial score (nSPS) is 11.1. The van der Waals surface area contributed by atoms with Crippen LogP contribution in [0.2, 0.25) is 0 Å². The fourth-order valence-electron chi connectivity index (χ4n) is 1.29. The van der Waals surface area contributed by atoms with Crippen LogP contribution in [0.3, 0.4) is 0 Å². The number of H-pyrrole nitrogens is 1. The quantitative estimate of drug-likeness (QED) is 0.704. The van der Waals surface area contributed by atoms with Crippen LogP contribution in [0.15, 0.2) is 30.5 Å². The zero-order valence-corrected chi connectivity index (χ0v) is 7.27. The second-order valence-electron chi connectivity index (χ2n) is 2.85. The molecule has 0 radical (unpaired) electrons. The Morgan fingerprint density at radius 1 is 1.50 bits per heavy atom. The highest BCUT2D eigenvalue weighted by molar-refractivity contribution is 5.91. The van der Waals surface area contributed by atoms with Crippen molar-refractivity contribution < 1.29 is 9.90 Å². The van der Waals surface area contributed by atoms with Gasteiger partial charge in [0.2, 0.25) is 0 Å². The molecule has 0 bridgehead atoms. The van der Waals surface area contributed by atoms with Gasteiger partial charge in [0, 0.05) is 17.0 Å². The van der Waals surface area contributed by atoms with Gasteiger partial charge in [-0.15, -0.1) is 0 Å². The Hall–Kier alpha value is -2.10. The molecule has 0 aliphatic rings. The van der Waals surface area contributed by atoms with Crippen LogP contribution in [0.5, 0.6) is 0 Å². The fourth-order valence-corrected chi connectivity index (χ4v) is 1.29. The zero-order chi connectivity index (χ0) is 9.97. The van der Waals surface area contributed by atoms with Crippen LogP contribution in [0.4, 0.5) is 0 Å². The summed E-state index contributed by atoms with van der Waals surface area (Å²) < 4.78 is 0. The molecule has 1 aromatic carbocycles. The van der Waals surface area contributed by atoms with Crippen molar-refractivity contribution in [2.45, 2.75) is 0 Å². The number of carboxylic acid groups (broad SMARTS) is 1. The molecule has 1 heterocycles. The lowest BCUT2D eigenvalue weighted by molar-refractivity contribution is -0.131. The van der Waals surface area contributed by atoms with E-state index >= 15 is 0 Å². The molecule has 0 aliphatic carbocycles. The monoisotopic (exact) mass is 188 g/mol. The molecule has 2 aromatic rings. The van der Waals surface area contributed by atoms with Crippen LogP contribution in [0.1, 0.15) is 5.56 Å². The second-order valence-corrected chi connectivity index (χ2v) is 2.85. The molecule has 4 nitrogen and oxygen atoms in total. The number of nitrogens with one attached hydrogen (secondary N) is 1. The highest BCUT2D eigenvalue weighted by Gasteiger charge is 1.99. The van der Waals surface area contributed by atoms with Gasteiger partial charge < -0.3 is 5.11 Å². The molecular weight excluding hydrogens is 180 g/mol. The number of carbonyl (C=O) groups is 1. The maximum absolute atomic E-state index is 10.3. The molecule has 2 N–H and O–H groups in total. The van der Waals surface area contributed by atoms with Gasteiger partial charge >= 0.3 is 5.97 Å². The Kier molecular flexibility index (Phi) is 2.02. The third kappa shape index (κ3) is 1.50. The van der Waals surface area contributed by atoms with Gasteiger partial charge in [-0.1, -0.05) is 18.2 Å². The summed E-state index contributed by atoms with van der Waals surface area (Å²) in [6, 6.07) is 5.61. The van der Waals surface area contributed by atoms with E-state index in [-0.39, 0.29) is 0 Å². The van der Waals surface area contributed by atoms with E-state index in [2.05, 4.69) is 10.2 Å². The summed E-state index contributed by atoms with van der Waals surface area (Å²) in [6.07, 6.45) is 4.35. The van der Waals surface area contributed by atoms with E-state index in [1.807, 2.05) is 18.2 Å². The molecule has 0 amide bonds. The van der Waals surface area contributed by atoms with Crippen molar-refractivity contribution >= 4 is 22.9 Å². The topological polar surface area (TPSA) is 66.0 Å². The summed E-state index contributed by atoms with van der Waals surface area (Å²) in [5, 5.41) is 16.2. The molecule has 0 aliphatic heterocycles. The summed E-state index contributed by atoms with van der Waals surface area (Å²) in [4.78, 5) is 10.3. The van der Waals surface area contributed by atoms with Crippen molar-refractivity contribution in [3.05, 3.63) is 36.0 Å². The SMILES string of the molecule is O=C(O)C=Cc1cccc2cn[nH]c12. The van der Waals surface area contributed by atoms with Gasteiger partial charge in [-0.2, -0.15) is 5.10 Å². The molecule has 14 heavy (non-hydrogen) atoms. The summed E-state index contributed by atoms with van der Waals surface area (Å²) >= 11 is 0. The van der Waals surface area contributed by atoms with Crippen LogP contribution in [0, 0.1) is 0 Å². The lowest BCUT2D eigenvalue weighted by atomic mass is 10.1. The molecule has 2 rings (SSSR count). The molecule has 0 fully saturated rings. The summed E-state index contributed by atoms with van der Waals surface area (Å²) in [5.74, 6) is -0.957. The minimum Gasteiger partial charge on any atom is -0.478 e. The number of benzene rings is 1. The number of hydrogen-bond acceptors (Lipinski definition) is 2. The standard InChI is InChI=1S/C10H8N2O2/c13-9(14)5-4-7-2-1-3-8-6-11-12-10(7)8/h1-6H,(H,11,12)(H,13,14). The average molecular weight is 188 g/mol. The molecule has 0 saturated carbocycles. The van der Waals surface area contributed by atoms with Gasteiger partial charge in [-0.25, -0.2) is 4.79 Å². The molecule has 70 valence electrons. The fraction of sp³-hybridized carbons (Fsp3) is 0. The smallest absolute Gasteiger partial charge is 0.328 e. The zero-order valence-electron chi connectivity index (χ0n) is 7.27. The predicted molar refractivity (Wildman–Crippen MR) is 52.8 cm³/mol. The molecule has 0 atom stereocenters. The first-order valence-corrected chi connectivity index (χ1v) is 4.10. The number of aromatic nitrogens is 2. The highest BCUT2D eigenvalue weighted by atomic mass is 16.4. The molecule has 0 saturated heterocycles. The van der Waals surface area contributed by atoms with E-state index in [0.717, 1.165) is 22.5 Å². The van der Waals surface area contributed by atoms with Crippen molar-refractivity contribution in [3.63, 3.8) is 0 Å². The first-order valence-electron chi connectivity index (χ1n) is 4.10. The summed E-state index contributed by atoms with van der Waals surface area (Å²) in [5.41, 5.74) is 1.67. The maximum atomic E-state index is 10.3. The third-order valence-corrected chi connectivity index (χ3v) is 1.91. The van der Waals surface area contributed by atoms with E-state index in [4.69, 9.17) is 5.11 Å². The number of fused-ring (bicyclic) bond motifs is 1. The third-order valence-electron chi connectivity index (χ3n) is 1.91. The molecule has 0 unspecified atom stereocenters. The lowest BCUT2D eigenvalue weighted by Gasteiger charge is -1.94. The maximum Gasteiger partial charge on any atom is 0.328 e.